The molecule has 0 unspecified atom stereocenters. The molecule has 1 heterocycles. The maximum Gasteiger partial charge on any atom is 0.252 e. The van der Waals surface area contributed by atoms with Gasteiger partial charge in [-0.2, -0.15) is 0 Å². The SMILES string of the molecule is O=C(NCCCOCC1CC1)c1cc(C2CC2)nc2ccccc12. The van der Waals surface area contributed by atoms with Crippen LogP contribution in [0, 0.1) is 5.92 Å². The van der Waals surface area contributed by atoms with Crippen LogP contribution in [-0.2, 0) is 4.74 Å². The highest BCUT2D eigenvalue weighted by Crippen LogP contribution is 2.40. The Balaban J connectivity index is 1.39. The van der Waals surface area contributed by atoms with Crippen molar-refractivity contribution in [1.29, 1.82) is 0 Å². The minimum Gasteiger partial charge on any atom is -0.381 e. The molecule has 1 N–H and O–H groups in total. The van der Waals surface area contributed by atoms with Crippen molar-refractivity contribution in [2.24, 2.45) is 5.92 Å². The summed E-state index contributed by atoms with van der Waals surface area (Å²) in [5.74, 6) is 1.33. The van der Waals surface area contributed by atoms with E-state index < -0.39 is 0 Å². The molecule has 0 aliphatic heterocycles. The number of hydrogen-bond acceptors (Lipinski definition) is 3. The van der Waals surface area contributed by atoms with E-state index in [0.29, 0.717) is 12.5 Å². The Bertz CT molecular complexity index is 735. The van der Waals surface area contributed by atoms with E-state index in [1.807, 2.05) is 30.3 Å². The fraction of sp³-hybridized carbons (Fsp3) is 0.500. The van der Waals surface area contributed by atoms with Crippen LogP contribution in [0.1, 0.15) is 54.1 Å². The second-order valence-corrected chi connectivity index (χ2v) is 7.01. The highest BCUT2D eigenvalue weighted by molar-refractivity contribution is 6.06. The molecule has 1 aromatic heterocycles. The van der Waals surface area contributed by atoms with E-state index in [4.69, 9.17) is 9.72 Å². The van der Waals surface area contributed by atoms with Crippen LogP contribution in [-0.4, -0.2) is 30.6 Å². The van der Waals surface area contributed by atoms with Crippen molar-refractivity contribution in [3.8, 4) is 0 Å². The van der Waals surface area contributed by atoms with Crippen molar-refractivity contribution < 1.29 is 9.53 Å². The average Bonchev–Trinajstić information content (AvgIpc) is 3.49. The monoisotopic (exact) mass is 324 g/mol. The Hall–Kier alpha value is -1.94. The fourth-order valence-corrected chi connectivity index (χ4v) is 2.98. The van der Waals surface area contributed by atoms with Crippen molar-refractivity contribution in [3.05, 3.63) is 41.6 Å². The van der Waals surface area contributed by atoms with Gasteiger partial charge in [-0.3, -0.25) is 9.78 Å². The van der Waals surface area contributed by atoms with Gasteiger partial charge < -0.3 is 10.1 Å². The zero-order valence-corrected chi connectivity index (χ0v) is 14.0. The van der Waals surface area contributed by atoms with E-state index in [1.54, 1.807) is 0 Å². The van der Waals surface area contributed by atoms with Gasteiger partial charge in [-0.25, -0.2) is 0 Å². The van der Waals surface area contributed by atoms with Crippen LogP contribution >= 0.6 is 0 Å². The molecule has 24 heavy (non-hydrogen) atoms. The highest BCUT2D eigenvalue weighted by atomic mass is 16.5. The Morgan fingerprint density at radius 1 is 1.21 bits per heavy atom. The number of rotatable bonds is 8. The minimum absolute atomic E-state index is 0.00214. The van der Waals surface area contributed by atoms with Crippen LogP contribution in [0.5, 0.6) is 0 Å². The zero-order valence-electron chi connectivity index (χ0n) is 14.0. The van der Waals surface area contributed by atoms with E-state index in [-0.39, 0.29) is 5.91 Å². The third kappa shape index (κ3) is 3.75. The molecule has 0 saturated heterocycles. The number of hydrogen-bond donors (Lipinski definition) is 1. The third-order valence-corrected chi connectivity index (χ3v) is 4.78. The number of benzene rings is 1. The standard InChI is InChI=1S/C20H24N2O2/c23-20(21-10-3-11-24-13-14-6-7-14)17-12-19(15-8-9-15)22-18-5-2-1-4-16(17)18/h1-2,4-5,12,14-15H,3,6-11,13H2,(H,21,23). The molecule has 2 aromatic rings. The molecule has 4 heteroatoms. The van der Waals surface area contributed by atoms with Gasteiger partial charge in [0.2, 0.25) is 0 Å². The summed E-state index contributed by atoms with van der Waals surface area (Å²) in [6.45, 7) is 2.26. The van der Waals surface area contributed by atoms with E-state index in [9.17, 15) is 4.79 Å². The van der Waals surface area contributed by atoms with Crippen LogP contribution < -0.4 is 5.32 Å². The lowest BCUT2D eigenvalue weighted by Gasteiger charge is -2.10. The summed E-state index contributed by atoms with van der Waals surface area (Å²) in [7, 11) is 0. The van der Waals surface area contributed by atoms with Crippen LogP contribution in [0.2, 0.25) is 0 Å². The largest absolute Gasteiger partial charge is 0.381 e. The number of para-hydroxylation sites is 1. The number of pyridine rings is 1. The first kappa shape index (κ1) is 15.6. The molecule has 2 aliphatic rings. The first-order chi connectivity index (χ1) is 11.8. The first-order valence-corrected chi connectivity index (χ1v) is 9.07. The second-order valence-electron chi connectivity index (χ2n) is 7.01. The Morgan fingerprint density at radius 2 is 2.04 bits per heavy atom. The smallest absolute Gasteiger partial charge is 0.252 e. The second kappa shape index (κ2) is 6.89. The lowest BCUT2D eigenvalue weighted by Crippen LogP contribution is -2.26. The predicted octanol–water partition coefficient (Wildman–Crippen LogP) is 3.66. The van der Waals surface area contributed by atoms with Gasteiger partial charge in [0.05, 0.1) is 11.1 Å². The van der Waals surface area contributed by atoms with Crippen molar-refractivity contribution in [1.82, 2.24) is 10.3 Å². The van der Waals surface area contributed by atoms with Gasteiger partial charge in [0.25, 0.3) is 5.91 Å². The number of nitrogens with zero attached hydrogens (tertiary/aromatic N) is 1. The molecule has 4 nitrogen and oxygen atoms in total. The van der Waals surface area contributed by atoms with Crippen LogP contribution in [0.25, 0.3) is 10.9 Å². The number of nitrogens with one attached hydrogen (secondary N) is 1. The topological polar surface area (TPSA) is 51.2 Å². The molecule has 1 aromatic carbocycles. The van der Waals surface area contributed by atoms with Crippen molar-refractivity contribution >= 4 is 16.8 Å². The molecule has 4 rings (SSSR count). The van der Waals surface area contributed by atoms with Gasteiger partial charge in [-0.1, -0.05) is 18.2 Å². The predicted molar refractivity (Wildman–Crippen MR) is 94.2 cm³/mol. The molecule has 2 aliphatic carbocycles. The van der Waals surface area contributed by atoms with E-state index in [2.05, 4.69) is 5.32 Å². The molecular weight excluding hydrogens is 300 g/mol. The van der Waals surface area contributed by atoms with Gasteiger partial charge in [0, 0.05) is 36.8 Å². The zero-order chi connectivity index (χ0) is 16.4. The van der Waals surface area contributed by atoms with Crippen molar-refractivity contribution in [2.45, 2.75) is 38.0 Å². The summed E-state index contributed by atoms with van der Waals surface area (Å²) >= 11 is 0. The first-order valence-electron chi connectivity index (χ1n) is 9.07. The molecule has 2 saturated carbocycles. The fourth-order valence-electron chi connectivity index (χ4n) is 2.98. The highest BCUT2D eigenvalue weighted by Gasteiger charge is 2.26. The van der Waals surface area contributed by atoms with Gasteiger partial charge in [-0.15, -0.1) is 0 Å². The summed E-state index contributed by atoms with van der Waals surface area (Å²) in [6.07, 6.45) is 5.86. The summed E-state index contributed by atoms with van der Waals surface area (Å²) < 4.78 is 5.61. The Labute approximate surface area is 142 Å². The van der Waals surface area contributed by atoms with Gasteiger partial charge >= 0.3 is 0 Å². The van der Waals surface area contributed by atoms with E-state index in [1.165, 1.54) is 25.7 Å². The summed E-state index contributed by atoms with van der Waals surface area (Å²) in [5.41, 5.74) is 2.73. The summed E-state index contributed by atoms with van der Waals surface area (Å²) in [6, 6.07) is 9.89. The molecular formula is C20H24N2O2. The molecule has 126 valence electrons. The van der Waals surface area contributed by atoms with Crippen LogP contribution in [0.4, 0.5) is 0 Å². The lowest BCUT2D eigenvalue weighted by molar-refractivity contribution is 0.0939. The normalized spacial score (nSPS) is 17.2. The number of carbonyl (C=O) groups is 1. The van der Waals surface area contributed by atoms with Crippen LogP contribution in [0.3, 0.4) is 0 Å². The number of amides is 1. The van der Waals surface area contributed by atoms with Crippen molar-refractivity contribution in [2.75, 3.05) is 19.8 Å². The number of ether oxygens (including phenoxy) is 1. The summed E-state index contributed by atoms with van der Waals surface area (Å²) in [5, 5.41) is 3.97. The molecule has 0 atom stereocenters. The van der Waals surface area contributed by atoms with Crippen molar-refractivity contribution in [3.63, 3.8) is 0 Å². The molecule has 1 amide bonds. The van der Waals surface area contributed by atoms with Crippen LogP contribution in [0.15, 0.2) is 30.3 Å². The minimum atomic E-state index is -0.00214. The third-order valence-electron chi connectivity index (χ3n) is 4.78. The Morgan fingerprint density at radius 3 is 2.83 bits per heavy atom. The van der Waals surface area contributed by atoms with Gasteiger partial charge in [-0.05, 0) is 50.2 Å². The molecule has 0 radical (unpaired) electrons. The Kier molecular flexibility index (Phi) is 4.48. The van der Waals surface area contributed by atoms with Gasteiger partial charge in [0.15, 0.2) is 0 Å². The summed E-state index contributed by atoms with van der Waals surface area (Å²) in [4.78, 5) is 17.3. The average molecular weight is 324 g/mol. The molecule has 2 fully saturated rings. The number of fused-ring (bicyclic) bond motifs is 1. The van der Waals surface area contributed by atoms with E-state index >= 15 is 0 Å². The lowest BCUT2D eigenvalue weighted by atomic mass is 10.1. The molecule has 0 spiro atoms. The number of carbonyl (C=O) groups excluding carboxylic acids is 1. The number of aromatic nitrogens is 1. The van der Waals surface area contributed by atoms with E-state index in [0.717, 1.165) is 47.7 Å². The maximum atomic E-state index is 12.6. The maximum absolute atomic E-state index is 12.6. The quantitative estimate of drug-likeness (QED) is 0.754. The van der Waals surface area contributed by atoms with Gasteiger partial charge in [0.1, 0.15) is 0 Å². The molecule has 0 bridgehead atoms.